The first-order valence-electron chi connectivity index (χ1n) is 10.9. The van der Waals surface area contributed by atoms with Crippen molar-refractivity contribution in [2.45, 2.75) is 79.1 Å². The Morgan fingerprint density at radius 1 is 0.839 bits per heavy atom. The van der Waals surface area contributed by atoms with Crippen molar-refractivity contribution >= 4 is 3.27 Å². The van der Waals surface area contributed by atoms with Crippen LogP contribution < -0.4 is 28.1 Å². The minimum Gasteiger partial charge on any atom is -1.00 e. The Balaban J connectivity index is 0.00000171. The van der Waals surface area contributed by atoms with E-state index < -0.39 is 23.2 Å². The van der Waals surface area contributed by atoms with Crippen LogP contribution >= 0.6 is 0 Å². The van der Waals surface area contributed by atoms with Crippen molar-refractivity contribution in [2.24, 2.45) is 0 Å². The second-order valence-electron chi connectivity index (χ2n) is 10.9. The van der Waals surface area contributed by atoms with Crippen LogP contribution in [-0.2, 0) is 40.5 Å². The SMILES string of the molecule is Cc1cc2c(c(C(C)(C)C)c1)-c1cc(C(C)(C)C)c(C)[c]([Zr+2][C]3=CC=CC3)c1C2.[Cl-].[Cl-]. The zero-order valence-electron chi connectivity index (χ0n) is 20.1. The molecule has 0 aromatic heterocycles. The first-order chi connectivity index (χ1) is 13.5. The molecule has 0 saturated carbocycles. The number of halogens is 2. The zero-order chi connectivity index (χ0) is 21.1. The predicted molar refractivity (Wildman–Crippen MR) is 123 cm³/mol. The van der Waals surface area contributed by atoms with Crippen molar-refractivity contribution in [3.8, 4) is 11.1 Å². The molecule has 0 saturated heterocycles. The molecule has 164 valence electrons. The van der Waals surface area contributed by atoms with Crippen LogP contribution in [0.1, 0.15) is 81.3 Å². The zero-order valence-corrected chi connectivity index (χ0v) is 24.1. The summed E-state index contributed by atoms with van der Waals surface area (Å²) >= 11 is -0.778. The van der Waals surface area contributed by atoms with Crippen LogP contribution in [0, 0.1) is 13.8 Å². The number of benzene rings is 2. The van der Waals surface area contributed by atoms with Gasteiger partial charge in [-0.3, -0.25) is 0 Å². The van der Waals surface area contributed by atoms with Gasteiger partial charge in [-0.2, -0.15) is 0 Å². The van der Waals surface area contributed by atoms with Crippen molar-refractivity contribution in [2.75, 3.05) is 0 Å². The minimum absolute atomic E-state index is 0. The molecule has 2 aromatic rings. The summed E-state index contributed by atoms with van der Waals surface area (Å²) in [6.07, 6.45) is 9.29. The molecule has 2 aliphatic carbocycles. The van der Waals surface area contributed by atoms with Crippen LogP contribution in [0.25, 0.3) is 11.1 Å². The van der Waals surface area contributed by atoms with Crippen molar-refractivity contribution in [3.63, 3.8) is 0 Å². The van der Waals surface area contributed by atoms with E-state index >= 15 is 0 Å². The standard InChI is InChI=1S/C23H29.C5H5.2ClH.Zr/c1-14-9-17-12-16-11-15(2)19(22(3,4)5)13-18(16)21(17)20(10-14)23(6,7)8;1-2-4-5-3-1;;;/h9-10,13H,12H2,1-8H3;1-3H,4H2;2*1H;/q;;;;+2/p-2. The molecule has 2 aromatic carbocycles. The summed E-state index contributed by atoms with van der Waals surface area (Å²) in [6.45, 7) is 18.9. The Morgan fingerprint density at radius 2 is 1.48 bits per heavy atom. The van der Waals surface area contributed by atoms with Gasteiger partial charge in [0.25, 0.3) is 0 Å². The van der Waals surface area contributed by atoms with Crippen LogP contribution in [0.15, 0.2) is 39.7 Å². The molecule has 0 radical (unpaired) electrons. The number of aryl methyl sites for hydroxylation is 1. The molecular formula is C28H34Cl2Zr. The molecule has 0 N–H and O–H groups in total. The summed E-state index contributed by atoms with van der Waals surface area (Å²) < 4.78 is 3.47. The number of hydrogen-bond donors (Lipinski definition) is 0. The number of allylic oxidation sites excluding steroid dienone is 4. The molecule has 0 aliphatic heterocycles. The maximum absolute atomic E-state index is 2.56. The third-order valence-corrected chi connectivity index (χ3v) is 10.3. The second kappa shape index (κ2) is 9.32. The van der Waals surface area contributed by atoms with Crippen LogP contribution in [-0.4, -0.2) is 0 Å². The Morgan fingerprint density at radius 3 is 2.03 bits per heavy atom. The van der Waals surface area contributed by atoms with Crippen LogP contribution in [0.5, 0.6) is 0 Å². The maximum Gasteiger partial charge on any atom is -1.00 e. The van der Waals surface area contributed by atoms with Gasteiger partial charge in [-0.1, -0.05) is 0 Å². The van der Waals surface area contributed by atoms with Gasteiger partial charge in [-0.05, 0) is 0 Å². The number of fused-ring (bicyclic) bond motifs is 3. The molecule has 0 spiro atoms. The van der Waals surface area contributed by atoms with Crippen molar-refractivity contribution in [3.05, 3.63) is 73.1 Å². The fourth-order valence-corrected chi connectivity index (χ4v) is 8.47. The second-order valence-corrected chi connectivity index (χ2v) is 14.3. The van der Waals surface area contributed by atoms with E-state index in [4.69, 9.17) is 0 Å². The number of rotatable bonds is 2. The maximum atomic E-state index is 2.56. The molecule has 0 fully saturated rings. The topological polar surface area (TPSA) is 0 Å². The third kappa shape index (κ3) is 5.00. The average molecular weight is 533 g/mol. The minimum atomic E-state index is -0.778. The van der Waals surface area contributed by atoms with E-state index in [1.165, 1.54) is 17.5 Å². The van der Waals surface area contributed by atoms with Crippen molar-refractivity contribution in [1.82, 2.24) is 0 Å². The molecule has 0 bridgehead atoms. The molecular weight excluding hydrogens is 498 g/mol. The summed E-state index contributed by atoms with van der Waals surface area (Å²) in [6, 6.07) is 7.45. The van der Waals surface area contributed by atoms with Crippen LogP contribution in [0.4, 0.5) is 0 Å². The first kappa shape index (κ1) is 26.6. The molecule has 2 aliphatic rings. The van der Waals surface area contributed by atoms with E-state index in [1.54, 1.807) is 39.9 Å². The summed E-state index contributed by atoms with van der Waals surface area (Å²) in [7, 11) is 0. The van der Waals surface area contributed by atoms with E-state index in [0.29, 0.717) is 0 Å². The fraction of sp³-hybridized carbons (Fsp3) is 0.429. The van der Waals surface area contributed by atoms with Gasteiger partial charge in [0.1, 0.15) is 0 Å². The molecule has 0 heterocycles. The number of hydrogen-bond acceptors (Lipinski definition) is 0. The molecule has 0 amide bonds. The van der Waals surface area contributed by atoms with E-state index in [1.807, 2.05) is 0 Å². The first-order valence-corrected chi connectivity index (χ1v) is 13.4. The van der Waals surface area contributed by atoms with Gasteiger partial charge in [0.05, 0.1) is 0 Å². The van der Waals surface area contributed by atoms with Crippen LogP contribution in [0.2, 0.25) is 0 Å². The van der Waals surface area contributed by atoms with Gasteiger partial charge >= 0.3 is 190 Å². The third-order valence-electron chi connectivity index (χ3n) is 6.37. The smallest absolute Gasteiger partial charge is 1.00 e. The summed E-state index contributed by atoms with van der Waals surface area (Å²) in [5, 5.41) is 0. The van der Waals surface area contributed by atoms with Gasteiger partial charge in [0.2, 0.25) is 0 Å². The average Bonchev–Trinajstić information content (AvgIpc) is 3.21. The Bertz CT molecular complexity index is 1060. The van der Waals surface area contributed by atoms with Gasteiger partial charge in [-0.25, -0.2) is 0 Å². The Kier molecular flexibility index (Phi) is 8.01. The van der Waals surface area contributed by atoms with Gasteiger partial charge in [-0.15, -0.1) is 0 Å². The summed E-state index contributed by atoms with van der Waals surface area (Å²) in [5.41, 5.74) is 12.7. The summed E-state index contributed by atoms with van der Waals surface area (Å²) in [5.74, 6) is 0. The molecule has 3 heteroatoms. The molecule has 0 nitrogen and oxygen atoms in total. The van der Waals surface area contributed by atoms with E-state index in [9.17, 15) is 0 Å². The van der Waals surface area contributed by atoms with Gasteiger partial charge in [0, 0.05) is 0 Å². The van der Waals surface area contributed by atoms with E-state index in [0.717, 1.165) is 6.42 Å². The quantitative estimate of drug-likeness (QED) is 0.463. The van der Waals surface area contributed by atoms with E-state index in [-0.39, 0.29) is 35.6 Å². The molecule has 31 heavy (non-hydrogen) atoms. The Hall–Kier alpha value is -0.617. The van der Waals surface area contributed by atoms with Crippen molar-refractivity contribution < 1.29 is 48.0 Å². The molecule has 4 rings (SSSR count). The molecule has 0 atom stereocenters. The summed E-state index contributed by atoms with van der Waals surface area (Å²) in [4.78, 5) is 0. The fourth-order valence-electron chi connectivity index (χ4n) is 4.99. The largest absolute Gasteiger partial charge is 1.00 e. The van der Waals surface area contributed by atoms with Crippen LogP contribution in [0.3, 0.4) is 0 Å². The van der Waals surface area contributed by atoms with Gasteiger partial charge in [0.15, 0.2) is 0 Å². The van der Waals surface area contributed by atoms with Crippen molar-refractivity contribution in [1.29, 1.82) is 0 Å². The Labute approximate surface area is 213 Å². The van der Waals surface area contributed by atoms with E-state index in [2.05, 4.69) is 91.8 Å². The normalized spacial score (nSPS) is 14.3. The van der Waals surface area contributed by atoms with Gasteiger partial charge < -0.3 is 24.8 Å². The molecule has 0 unspecified atom stereocenters. The predicted octanol–water partition coefficient (Wildman–Crippen LogP) is 1.03. The monoisotopic (exact) mass is 530 g/mol.